The Morgan fingerprint density at radius 3 is 2.43 bits per heavy atom. The Bertz CT molecular complexity index is 645. The minimum Gasteiger partial charge on any atom is -0.462 e. The van der Waals surface area contributed by atoms with Gasteiger partial charge in [-0.1, -0.05) is 6.07 Å². The summed E-state index contributed by atoms with van der Waals surface area (Å²) in [7, 11) is 0. The van der Waals surface area contributed by atoms with Crippen LogP contribution in [-0.2, 0) is 4.74 Å². The number of ether oxygens (including phenoxy) is 1. The smallest absolute Gasteiger partial charge is 0.341 e. The fraction of sp³-hybridized carbons (Fsp3) is 0.333. The van der Waals surface area contributed by atoms with Crippen LogP contribution in [0.4, 0.5) is 8.78 Å². The van der Waals surface area contributed by atoms with Crippen LogP contribution >= 0.6 is 0 Å². The molecule has 0 radical (unpaired) electrons. The summed E-state index contributed by atoms with van der Waals surface area (Å²) in [6.07, 6.45) is -1.70. The Morgan fingerprint density at radius 2 is 1.90 bits per heavy atom. The normalized spacial score (nSPS) is 11.0. The molecule has 6 heteroatoms. The van der Waals surface area contributed by atoms with Gasteiger partial charge in [0.25, 0.3) is 6.43 Å². The molecule has 0 unspecified atom stereocenters. The number of carbonyl (C=O) groups is 1. The minimum absolute atomic E-state index is 0.121. The van der Waals surface area contributed by atoms with E-state index in [-0.39, 0.29) is 12.2 Å². The van der Waals surface area contributed by atoms with Crippen LogP contribution in [0.1, 0.15) is 40.5 Å². The van der Waals surface area contributed by atoms with Gasteiger partial charge in [-0.25, -0.2) is 18.3 Å². The average molecular weight is 294 g/mol. The summed E-state index contributed by atoms with van der Waals surface area (Å²) in [4.78, 5) is 11.7. The predicted octanol–water partition coefficient (Wildman–Crippen LogP) is 3.60. The topological polar surface area (TPSA) is 44.1 Å². The van der Waals surface area contributed by atoms with Crippen LogP contribution < -0.4 is 0 Å². The summed E-state index contributed by atoms with van der Waals surface area (Å²) in [5.74, 6) is -0.788. The van der Waals surface area contributed by atoms with E-state index in [1.165, 1.54) is 0 Å². The monoisotopic (exact) mass is 294 g/mol. The summed E-state index contributed by atoms with van der Waals surface area (Å²) in [6.45, 7) is 5.48. The molecule has 21 heavy (non-hydrogen) atoms. The van der Waals surface area contributed by atoms with Crippen LogP contribution in [0.15, 0.2) is 24.4 Å². The van der Waals surface area contributed by atoms with E-state index in [9.17, 15) is 13.6 Å². The molecule has 0 spiro atoms. The second-order valence-electron chi connectivity index (χ2n) is 4.72. The molecule has 2 aromatic rings. The number of hydrogen-bond donors (Lipinski definition) is 0. The Labute approximate surface area is 121 Å². The Hall–Kier alpha value is -2.24. The van der Waals surface area contributed by atoms with Gasteiger partial charge >= 0.3 is 5.97 Å². The molecule has 0 amide bonds. The van der Waals surface area contributed by atoms with E-state index in [0.717, 1.165) is 22.0 Å². The van der Waals surface area contributed by atoms with Gasteiger partial charge in [-0.15, -0.1) is 0 Å². The van der Waals surface area contributed by atoms with Crippen LogP contribution in [0.2, 0.25) is 0 Å². The van der Waals surface area contributed by atoms with Crippen molar-refractivity contribution in [3.05, 3.63) is 46.8 Å². The first-order chi connectivity index (χ1) is 9.93. The van der Waals surface area contributed by atoms with Crippen molar-refractivity contribution in [2.24, 2.45) is 0 Å². The summed E-state index contributed by atoms with van der Waals surface area (Å²) < 4.78 is 32.6. The molecule has 0 N–H and O–H groups in total. The van der Waals surface area contributed by atoms with Crippen molar-refractivity contribution in [1.29, 1.82) is 0 Å². The van der Waals surface area contributed by atoms with Gasteiger partial charge in [-0.05, 0) is 44.0 Å². The van der Waals surface area contributed by atoms with E-state index in [0.29, 0.717) is 5.69 Å². The maximum atomic E-state index is 13.3. The van der Waals surface area contributed by atoms with E-state index < -0.39 is 18.1 Å². The maximum Gasteiger partial charge on any atom is 0.341 e. The Kier molecular flexibility index (Phi) is 4.35. The highest BCUT2D eigenvalue weighted by Gasteiger charge is 2.26. The lowest BCUT2D eigenvalue weighted by Crippen LogP contribution is -2.10. The molecule has 0 aliphatic carbocycles. The highest BCUT2D eigenvalue weighted by atomic mass is 19.3. The largest absolute Gasteiger partial charge is 0.462 e. The number of hydrogen-bond acceptors (Lipinski definition) is 3. The number of aromatic nitrogens is 2. The molecule has 1 aromatic carbocycles. The molecule has 0 bridgehead atoms. The molecular weight excluding hydrogens is 278 g/mol. The number of aryl methyl sites for hydroxylation is 2. The van der Waals surface area contributed by atoms with Crippen molar-refractivity contribution in [1.82, 2.24) is 9.78 Å². The molecule has 4 nitrogen and oxygen atoms in total. The predicted molar refractivity (Wildman–Crippen MR) is 74.0 cm³/mol. The van der Waals surface area contributed by atoms with E-state index >= 15 is 0 Å². The highest BCUT2D eigenvalue weighted by molar-refractivity contribution is 5.90. The third-order valence-electron chi connectivity index (χ3n) is 2.96. The first-order valence-corrected chi connectivity index (χ1v) is 6.56. The third-order valence-corrected chi connectivity index (χ3v) is 2.96. The molecule has 0 aliphatic rings. The number of alkyl halides is 2. The van der Waals surface area contributed by atoms with Gasteiger partial charge in [0, 0.05) is 0 Å². The zero-order valence-corrected chi connectivity index (χ0v) is 12.1. The van der Waals surface area contributed by atoms with E-state index in [1.54, 1.807) is 19.1 Å². The van der Waals surface area contributed by atoms with Gasteiger partial charge in [0.15, 0.2) is 0 Å². The van der Waals surface area contributed by atoms with Gasteiger partial charge in [0.1, 0.15) is 11.3 Å². The van der Waals surface area contributed by atoms with E-state index in [4.69, 9.17) is 4.74 Å². The summed E-state index contributed by atoms with van der Waals surface area (Å²) >= 11 is 0. The van der Waals surface area contributed by atoms with Crippen molar-refractivity contribution in [3.8, 4) is 5.69 Å². The van der Waals surface area contributed by atoms with Crippen molar-refractivity contribution >= 4 is 5.97 Å². The molecule has 2 rings (SSSR count). The molecule has 0 fully saturated rings. The average Bonchev–Trinajstić information content (AvgIpc) is 2.82. The summed E-state index contributed by atoms with van der Waals surface area (Å²) in [5.41, 5.74) is 1.71. The lowest BCUT2D eigenvalue weighted by molar-refractivity contribution is 0.0514. The number of esters is 1. The first-order valence-electron chi connectivity index (χ1n) is 6.56. The maximum absolute atomic E-state index is 13.3. The van der Waals surface area contributed by atoms with Crippen LogP contribution in [-0.4, -0.2) is 22.4 Å². The van der Waals surface area contributed by atoms with Crippen molar-refractivity contribution in [3.63, 3.8) is 0 Å². The quantitative estimate of drug-likeness (QED) is 0.809. The number of carbonyl (C=O) groups excluding carboxylic acids is 1. The molecule has 0 saturated heterocycles. The number of nitrogens with zero attached hydrogens (tertiary/aromatic N) is 2. The van der Waals surface area contributed by atoms with Gasteiger partial charge < -0.3 is 4.74 Å². The number of benzene rings is 1. The van der Waals surface area contributed by atoms with E-state index in [2.05, 4.69) is 5.10 Å². The molecular formula is C15H16F2N2O2. The van der Waals surface area contributed by atoms with Gasteiger partial charge in [-0.3, -0.25) is 0 Å². The second-order valence-corrected chi connectivity index (χ2v) is 4.72. The molecule has 1 aromatic heterocycles. The Morgan fingerprint density at radius 1 is 1.29 bits per heavy atom. The summed E-state index contributed by atoms with van der Waals surface area (Å²) in [5, 5.41) is 3.93. The molecule has 0 atom stereocenters. The molecule has 0 aliphatic heterocycles. The second kappa shape index (κ2) is 6.03. The Balaban J connectivity index is 2.56. The van der Waals surface area contributed by atoms with Gasteiger partial charge in [0.05, 0.1) is 18.5 Å². The van der Waals surface area contributed by atoms with Crippen LogP contribution in [0.5, 0.6) is 0 Å². The fourth-order valence-corrected chi connectivity index (χ4v) is 2.21. The molecule has 0 saturated carbocycles. The summed E-state index contributed by atoms with van der Waals surface area (Å²) in [6, 6.07) is 5.41. The standard InChI is InChI=1S/C15H16F2N2O2/c1-4-21-15(20)12-8-18-19(13(12)14(16)17)11-6-9(2)5-10(3)7-11/h5-8,14H,4H2,1-3H3. The fourth-order valence-electron chi connectivity index (χ4n) is 2.21. The minimum atomic E-state index is -2.83. The molecule has 1 heterocycles. The first kappa shape index (κ1) is 15.2. The highest BCUT2D eigenvalue weighted by Crippen LogP contribution is 2.27. The van der Waals surface area contributed by atoms with Crippen LogP contribution in [0, 0.1) is 13.8 Å². The van der Waals surface area contributed by atoms with E-state index in [1.807, 2.05) is 19.9 Å². The molecule has 112 valence electrons. The number of halogens is 2. The zero-order valence-electron chi connectivity index (χ0n) is 12.1. The van der Waals surface area contributed by atoms with Crippen molar-refractivity contribution < 1.29 is 18.3 Å². The van der Waals surface area contributed by atoms with Crippen molar-refractivity contribution in [2.75, 3.05) is 6.61 Å². The lowest BCUT2D eigenvalue weighted by Gasteiger charge is -2.10. The SMILES string of the molecule is CCOC(=O)c1cnn(-c2cc(C)cc(C)c2)c1C(F)F. The van der Waals surface area contributed by atoms with Gasteiger partial charge in [-0.2, -0.15) is 5.10 Å². The van der Waals surface area contributed by atoms with Crippen LogP contribution in [0.25, 0.3) is 5.69 Å². The third kappa shape index (κ3) is 3.09. The van der Waals surface area contributed by atoms with Crippen molar-refractivity contribution in [2.45, 2.75) is 27.2 Å². The van der Waals surface area contributed by atoms with Crippen LogP contribution in [0.3, 0.4) is 0 Å². The number of rotatable bonds is 4. The van der Waals surface area contributed by atoms with Gasteiger partial charge in [0.2, 0.25) is 0 Å². The lowest BCUT2D eigenvalue weighted by atomic mass is 10.1. The zero-order chi connectivity index (χ0) is 15.6.